The Morgan fingerprint density at radius 2 is 1.58 bits per heavy atom. The van der Waals surface area contributed by atoms with E-state index in [1.807, 2.05) is 24.3 Å². The molecule has 1 aliphatic rings. The fraction of sp³-hybridized carbons (Fsp3) is 0.294. The van der Waals surface area contributed by atoms with Crippen molar-refractivity contribution in [2.24, 2.45) is 5.92 Å². The lowest BCUT2D eigenvalue weighted by Gasteiger charge is -2.20. The molecule has 0 radical (unpaired) electrons. The number of rotatable bonds is 3. The Hall–Kier alpha value is -1.80. The maximum atomic E-state index is 10.6. The number of benzene rings is 2. The van der Waals surface area contributed by atoms with Crippen LogP contribution in [0.2, 0.25) is 0 Å². The third kappa shape index (κ3) is 2.24. The summed E-state index contributed by atoms with van der Waals surface area (Å²) in [5.74, 6) is 1.01. The SMILES string of the molecule is COc1ccccc1C(O)C1Cc2ccccc2C1. The van der Waals surface area contributed by atoms with Crippen LogP contribution in [0.1, 0.15) is 22.8 Å². The Kier molecular flexibility index (Phi) is 3.26. The Labute approximate surface area is 113 Å². The van der Waals surface area contributed by atoms with Crippen LogP contribution >= 0.6 is 0 Å². The molecule has 0 aromatic heterocycles. The van der Waals surface area contributed by atoms with E-state index in [-0.39, 0.29) is 5.92 Å². The second-order valence-electron chi connectivity index (χ2n) is 5.12. The third-order valence-corrected chi connectivity index (χ3v) is 3.99. The molecule has 0 amide bonds. The monoisotopic (exact) mass is 254 g/mol. The van der Waals surface area contributed by atoms with Gasteiger partial charge in [-0.1, -0.05) is 42.5 Å². The predicted octanol–water partition coefficient (Wildman–Crippen LogP) is 3.14. The highest BCUT2D eigenvalue weighted by Gasteiger charge is 2.29. The van der Waals surface area contributed by atoms with Gasteiger partial charge in [0.05, 0.1) is 13.2 Å². The summed E-state index contributed by atoms with van der Waals surface area (Å²) in [6.07, 6.45) is 1.41. The van der Waals surface area contributed by atoms with Crippen LogP contribution in [-0.2, 0) is 12.8 Å². The van der Waals surface area contributed by atoms with Crippen LogP contribution in [0.5, 0.6) is 5.75 Å². The van der Waals surface area contributed by atoms with Gasteiger partial charge in [0, 0.05) is 5.56 Å². The average Bonchev–Trinajstić information content (AvgIpc) is 2.90. The first kappa shape index (κ1) is 12.2. The van der Waals surface area contributed by atoms with Crippen molar-refractivity contribution in [3.63, 3.8) is 0 Å². The van der Waals surface area contributed by atoms with Crippen LogP contribution in [0.15, 0.2) is 48.5 Å². The topological polar surface area (TPSA) is 29.5 Å². The lowest BCUT2D eigenvalue weighted by Crippen LogP contribution is -2.13. The lowest BCUT2D eigenvalue weighted by molar-refractivity contribution is 0.110. The molecule has 3 rings (SSSR count). The van der Waals surface area contributed by atoms with Gasteiger partial charge in [-0.2, -0.15) is 0 Å². The van der Waals surface area contributed by atoms with Crippen LogP contribution in [0.3, 0.4) is 0 Å². The molecule has 0 spiro atoms. The second-order valence-corrected chi connectivity index (χ2v) is 5.12. The number of methoxy groups -OCH3 is 1. The largest absolute Gasteiger partial charge is 0.496 e. The predicted molar refractivity (Wildman–Crippen MR) is 75.3 cm³/mol. The third-order valence-electron chi connectivity index (χ3n) is 3.99. The van der Waals surface area contributed by atoms with Crippen LogP contribution in [0.25, 0.3) is 0 Å². The van der Waals surface area contributed by atoms with Gasteiger partial charge in [-0.3, -0.25) is 0 Å². The molecule has 0 fully saturated rings. The van der Waals surface area contributed by atoms with Gasteiger partial charge in [-0.05, 0) is 36.0 Å². The summed E-state index contributed by atoms with van der Waals surface area (Å²) in [6.45, 7) is 0. The zero-order chi connectivity index (χ0) is 13.2. The molecule has 2 aromatic rings. The molecule has 1 atom stereocenters. The molecule has 98 valence electrons. The molecule has 0 heterocycles. The van der Waals surface area contributed by atoms with Crippen LogP contribution < -0.4 is 4.74 Å². The van der Waals surface area contributed by atoms with Crippen molar-refractivity contribution in [2.45, 2.75) is 18.9 Å². The number of ether oxygens (including phenoxy) is 1. The van der Waals surface area contributed by atoms with Gasteiger partial charge in [0.2, 0.25) is 0 Å². The van der Waals surface area contributed by atoms with E-state index in [0.29, 0.717) is 0 Å². The van der Waals surface area contributed by atoms with Crippen molar-refractivity contribution in [1.29, 1.82) is 0 Å². The number of hydrogen-bond donors (Lipinski definition) is 1. The first-order chi connectivity index (χ1) is 9.29. The molecule has 2 heteroatoms. The summed E-state index contributed by atoms with van der Waals surface area (Å²) in [6, 6.07) is 16.2. The minimum Gasteiger partial charge on any atom is -0.496 e. The van der Waals surface area contributed by atoms with Gasteiger partial charge in [-0.25, -0.2) is 0 Å². The minimum absolute atomic E-state index is 0.244. The smallest absolute Gasteiger partial charge is 0.124 e. The Balaban J connectivity index is 1.85. The maximum Gasteiger partial charge on any atom is 0.124 e. The molecular formula is C17H18O2. The van der Waals surface area contributed by atoms with E-state index in [0.717, 1.165) is 24.2 Å². The molecule has 2 nitrogen and oxygen atoms in total. The van der Waals surface area contributed by atoms with E-state index >= 15 is 0 Å². The van der Waals surface area contributed by atoms with Gasteiger partial charge in [0.1, 0.15) is 5.75 Å². The van der Waals surface area contributed by atoms with Crippen LogP contribution in [0, 0.1) is 5.92 Å². The van der Waals surface area contributed by atoms with Gasteiger partial charge < -0.3 is 9.84 Å². The molecule has 2 aromatic carbocycles. The van der Waals surface area contributed by atoms with E-state index < -0.39 is 6.10 Å². The van der Waals surface area contributed by atoms with Gasteiger partial charge in [0.25, 0.3) is 0 Å². The van der Waals surface area contributed by atoms with Crippen molar-refractivity contribution < 1.29 is 9.84 Å². The van der Waals surface area contributed by atoms with E-state index in [2.05, 4.69) is 24.3 Å². The molecule has 0 bridgehead atoms. The highest BCUT2D eigenvalue weighted by Crippen LogP contribution is 2.37. The van der Waals surface area contributed by atoms with E-state index in [1.54, 1.807) is 7.11 Å². The summed E-state index contributed by atoms with van der Waals surface area (Å²) in [7, 11) is 1.65. The molecule has 0 aliphatic heterocycles. The number of aliphatic hydroxyl groups excluding tert-OH is 1. The van der Waals surface area contributed by atoms with Gasteiger partial charge >= 0.3 is 0 Å². The average molecular weight is 254 g/mol. The summed E-state index contributed by atoms with van der Waals surface area (Å²) in [4.78, 5) is 0. The summed E-state index contributed by atoms with van der Waals surface area (Å²) < 4.78 is 5.34. The Morgan fingerprint density at radius 1 is 1.00 bits per heavy atom. The fourth-order valence-corrected chi connectivity index (χ4v) is 2.98. The van der Waals surface area contributed by atoms with Gasteiger partial charge in [0.15, 0.2) is 0 Å². The molecule has 1 N–H and O–H groups in total. The van der Waals surface area contributed by atoms with Gasteiger partial charge in [-0.15, -0.1) is 0 Å². The summed E-state index contributed by atoms with van der Waals surface area (Å²) >= 11 is 0. The number of hydrogen-bond acceptors (Lipinski definition) is 2. The molecule has 0 saturated carbocycles. The van der Waals surface area contributed by atoms with Crippen molar-refractivity contribution in [3.8, 4) is 5.75 Å². The number of aliphatic hydroxyl groups is 1. The van der Waals surface area contributed by atoms with E-state index in [9.17, 15) is 5.11 Å². The Bertz CT molecular complexity index is 552. The second kappa shape index (κ2) is 5.06. The standard InChI is InChI=1S/C17H18O2/c1-19-16-9-5-4-8-15(16)17(18)14-10-12-6-2-3-7-13(12)11-14/h2-9,14,17-18H,10-11H2,1H3. The molecule has 1 aliphatic carbocycles. The van der Waals surface area contributed by atoms with E-state index in [1.165, 1.54) is 11.1 Å². The number of fused-ring (bicyclic) bond motifs is 1. The maximum absolute atomic E-state index is 10.6. The summed E-state index contributed by atoms with van der Waals surface area (Å²) in [5, 5.41) is 10.6. The highest BCUT2D eigenvalue weighted by molar-refractivity contribution is 5.38. The molecule has 0 saturated heterocycles. The van der Waals surface area contributed by atoms with Crippen molar-refractivity contribution in [3.05, 3.63) is 65.2 Å². The van der Waals surface area contributed by atoms with Crippen molar-refractivity contribution in [1.82, 2.24) is 0 Å². The normalized spacial score (nSPS) is 16.1. The van der Waals surface area contributed by atoms with Crippen LogP contribution in [-0.4, -0.2) is 12.2 Å². The summed E-state index contributed by atoms with van der Waals surface area (Å²) in [5.41, 5.74) is 3.62. The van der Waals surface area contributed by atoms with Crippen molar-refractivity contribution in [2.75, 3.05) is 7.11 Å². The zero-order valence-electron chi connectivity index (χ0n) is 11.0. The first-order valence-electron chi connectivity index (χ1n) is 6.67. The number of para-hydroxylation sites is 1. The molecular weight excluding hydrogens is 236 g/mol. The fourth-order valence-electron chi connectivity index (χ4n) is 2.98. The van der Waals surface area contributed by atoms with E-state index in [4.69, 9.17) is 4.74 Å². The molecule has 1 unspecified atom stereocenters. The first-order valence-corrected chi connectivity index (χ1v) is 6.67. The Morgan fingerprint density at radius 3 is 2.21 bits per heavy atom. The lowest BCUT2D eigenvalue weighted by atomic mass is 9.92. The van der Waals surface area contributed by atoms with Crippen molar-refractivity contribution >= 4 is 0 Å². The quantitative estimate of drug-likeness (QED) is 0.911. The highest BCUT2D eigenvalue weighted by atomic mass is 16.5. The van der Waals surface area contributed by atoms with Crippen LogP contribution in [0.4, 0.5) is 0 Å². The zero-order valence-corrected chi connectivity index (χ0v) is 11.0. The molecule has 19 heavy (non-hydrogen) atoms. The minimum atomic E-state index is -0.469.